The van der Waals surface area contributed by atoms with Crippen LogP contribution >= 0.6 is 0 Å². The van der Waals surface area contributed by atoms with Gasteiger partial charge in [-0.25, -0.2) is 0 Å². The largest absolute Gasteiger partial charge is 0.386 e. The number of ether oxygens (including phenoxy) is 1. The van der Waals surface area contributed by atoms with Crippen molar-refractivity contribution in [2.75, 3.05) is 20.3 Å². The fraction of sp³-hybridized carbons (Fsp3) is 0.917. The van der Waals surface area contributed by atoms with Crippen LogP contribution in [0.2, 0.25) is 0 Å². The number of nitrogens with one attached hydrogen (secondary N) is 1. The van der Waals surface area contributed by atoms with Crippen LogP contribution in [0.4, 0.5) is 0 Å². The second-order valence-electron chi connectivity index (χ2n) is 4.69. The molecule has 2 atom stereocenters. The molecule has 1 rings (SSSR count). The first-order valence-corrected chi connectivity index (χ1v) is 6.20. The Morgan fingerprint density at radius 2 is 2.19 bits per heavy atom. The average Bonchev–Trinajstić information content (AvgIpc) is 3.06. The Kier molecular flexibility index (Phi) is 5.22. The Morgan fingerprint density at radius 3 is 2.56 bits per heavy atom. The highest BCUT2D eigenvalue weighted by atomic mass is 16.5. The van der Waals surface area contributed by atoms with Gasteiger partial charge in [-0.1, -0.05) is 6.92 Å². The number of rotatable bonds is 8. The molecule has 1 fully saturated rings. The second kappa shape index (κ2) is 6.21. The SMILES string of the molecule is CCC(C(=N)N)N(CCOC)C(C)C1CC1. The van der Waals surface area contributed by atoms with E-state index in [0.29, 0.717) is 12.6 Å². The van der Waals surface area contributed by atoms with Crippen molar-refractivity contribution in [2.24, 2.45) is 11.7 Å². The van der Waals surface area contributed by atoms with Crippen LogP contribution < -0.4 is 5.73 Å². The third kappa shape index (κ3) is 3.46. The molecule has 0 saturated heterocycles. The molecule has 16 heavy (non-hydrogen) atoms. The molecule has 94 valence electrons. The number of hydrogen-bond donors (Lipinski definition) is 2. The Hall–Kier alpha value is -0.610. The Labute approximate surface area is 98.6 Å². The van der Waals surface area contributed by atoms with Crippen molar-refractivity contribution in [2.45, 2.75) is 45.2 Å². The number of nitrogens with two attached hydrogens (primary N) is 1. The van der Waals surface area contributed by atoms with Crippen molar-refractivity contribution in [3.8, 4) is 0 Å². The third-order valence-electron chi connectivity index (χ3n) is 3.53. The maximum Gasteiger partial charge on any atom is 0.108 e. The molecule has 4 nitrogen and oxygen atoms in total. The molecule has 0 aromatic rings. The summed E-state index contributed by atoms with van der Waals surface area (Å²) in [6.07, 6.45) is 3.54. The lowest BCUT2D eigenvalue weighted by atomic mass is 10.1. The van der Waals surface area contributed by atoms with Crippen LogP contribution in [0.5, 0.6) is 0 Å². The summed E-state index contributed by atoms with van der Waals surface area (Å²) in [6.45, 7) is 5.91. The van der Waals surface area contributed by atoms with Gasteiger partial charge in [-0.15, -0.1) is 0 Å². The second-order valence-corrected chi connectivity index (χ2v) is 4.69. The zero-order valence-corrected chi connectivity index (χ0v) is 10.7. The topological polar surface area (TPSA) is 62.3 Å². The molecular weight excluding hydrogens is 202 g/mol. The summed E-state index contributed by atoms with van der Waals surface area (Å²) in [6, 6.07) is 0.592. The van der Waals surface area contributed by atoms with E-state index in [4.69, 9.17) is 15.9 Å². The van der Waals surface area contributed by atoms with E-state index >= 15 is 0 Å². The minimum Gasteiger partial charge on any atom is -0.386 e. The number of methoxy groups -OCH3 is 1. The van der Waals surface area contributed by atoms with Crippen molar-refractivity contribution < 1.29 is 4.74 Å². The van der Waals surface area contributed by atoms with Crippen molar-refractivity contribution in [1.29, 1.82) is 5.41 Å². The molecule has 0 bridgehead atoms. The molecule has 0 heterocycles. The number of nitrogens with zero attached hydrogens (tertiary/aromatic N) is 1. The first-order valence-electron chi connectivity index (χ1n) is 6.20. The molecule has 0 spiro atoms. The first-order chi connectivity index (χ1) is 7.61. The van der Waals surface area contributed by atoms with Crippen LogP contribution in [0.15, 0.2) is 0 Å². The average molecular weight is 227 g/mol. The Bertz CT molecular complexity index is 228. The lowest BCUT2D eigenvalue weighted by molar-refractivity contribution is 0.100. The van der Waals surface area contributed by atoms with Crippen LogP contribution in [0.3, 0.4) is 0 Å². The monoisotopic (exact) mass is 227 g/mol. The van der Waals surface area contributed by atoms with Gasteiger partial charge in [0.25, 0.3) is 0 Å². The predicted molar refractivity (Wildman–Crippen MR) is 66.8 cm³/mol. The maximum absolute atomic E-state index is 7.67. The van der Waals surface area contributed by atoms with Gasteiger partial charge in [-0.3, -0.25) is 10.3 Å². The van der Waals surface area contributed by atoms with E-state index in [0.717, 1.165) is 18.9 Å². The van der Waals surface area contributed by atoms with E-state index in [-0.39, 0.29) is 11.9 Å². The predicted octanol–water partition coefficient (Wildman–Crippen LogP) is 1.45. The molecular formula is C12H25N3O. The number of amidine groups is 1. The summed E-state index contributed by atoms with van der Waals surface area (Å²) in [4.78, 5) is 2.34. The summed E-state index contributed by atoms with van der Waals surface area (Å²) in [5, 5.41) is 7.67. The normalized spacial score (nSPS) is 19.8. The highest BCUT2D eigenvalue weighted by Crippen LogP contribution is 2.36. The van der Waals surface area contributed by atoms with Crippen LogP contribution in [0.1, 0.15) is 33.1 Å². The van der Waals surface area contributed by atoms with E-state index in [1.165, 1.54) is 12.8 Å². The van der Waals surface area contributed by atoms with Crippen molar-refractivity contribution in [3.63, 3.8) is 0 Å². The minimum absolute atomic E-state index is 0.0748. The first kappa shape index (κ1) is 13.5. The standard InChI is InChI=1S/C12H25N3O/c1-4-11(12(13)14)15(7-8-16-3)9(2)10-5-6-10/h9-11H,4-8H2,1-3H3,(H3,13,14). The summed E-state index contributed by atoms with van der Waals surface area (Å²) in [7, 11) is 1.72. The molecule has 2 unspecified atom stereocenters. The lowest BCUT2D eigenvalue weighted by Crippen LogP contribution is -2.50. The summed E-state index contributed by atoms with van der Waals surface area (Å²) >= 11 is 0. The Balaban J connectivity index is 2.62. The van der Waals surface area contributed by atoms with Crippen molar-refractivity contribution in [1.82, 2.24) is 4.90 Å². The molecule has 1 saturated carbocycles. The lowest BCUT2D eigenvalue weighted by Gasteiger charge is -2.35. The summed E-state index contributed by atoms with van der Waals surface area (Å²) in [5.41, 5.74) is 5.68. The zero-order chi connectivity index (χ0) is 12.1. The summed E-state index contributed by atoms with van der Waals surface area (Å²) < 4.78 is 5.14. The van der Waals surface area contributed by atoms with Crippen LogP contribution in [-0.2, 0) is 4.74 Å². The van der Waals surface area contributed by atoms with E-state index in [9.17, 15) is 0 Å². The molecule has 0 amide bonds. The molecule has 1 aliphatic rings. The van der Waals surface area contributed by atoms with Gasteiger partial charge in [0.1, 0.15) is 5.84 Å². The van der Waals surface area contributed by atoms with E-state index in [2.05, 4.69) is 18.7 Å². The molecule has 4 heteroatoms. The van der Waals surface area contributed by atoms with Crippen LogP contribution in [-0.4, -0.2) is 43.1 Å². The smallest absolute Gasteiger partial charge is 0.108 e. The molecule has 3 N–H and O–H groups in total. The van der Waals surface area contributed by atoms with Gasteiger partial charge in [0.15, 0.2) is 0 Å². The van der Waals surface area contributed by atoms with Crippen LogP contribution in [0, 0.1) is 11.3 Å². The van der Waals surface area contributed by atoms with Gasteiger partial charge in [-0.2, -0.15) is 0 Å². The molecule has 0 aromatic heterocycles. The fourth-order valence-electron chi connectivity index (χ4n) is 2.32. The molecule has 0 aliphatic heterocycles. The van der Waals surface area contributed by atoms with E-state index < -0.39 is 0 Å². The van der Waals surface area contributed by atoms with Gasteiger partial charge >= 0.3 is 0 Å². The van der Waals surface area contributed by atoms with Crippen molar-refractivity contribution in [3.05, 3.63) is 0 Å². The molecule has 0 aromatic carbocycles. The van der Waals surface area contributed by atoms with Gasteiger partial charge in [0, 0.05) is 19.7 Å². The van der Waals surface area contributed by atoms with Gasteiger partial charge in [-0.05, 0) is 32.1 Å². The van der Waals surface area contributed by atoms with E-state index in [1.807, 2.05) is 0 Å². The summed E-state index contributed by atoms with van der Waals surface area (Å²) in [5.74, 6) is 1.08. The van der Waals surface area contributed by atoms with Crippen LogP contribution in [0.25, 0.3) is 0 Å². The van der Waals surface area contributed by atoms with Gasteiger partial charge in [0.05, 0.1) is 12.6 Å². The number of hydrogen-bond acceptors (Lipinski definition) is 3. The van der Waals surface area contributed by atoms with Gasteiger partial charge < -0.3 is 10.5 Å². The zero-order valence-electron chi connectivity index (χ0n) is 10.7. The van der Waals surface area contributed by atoms with Gasteiger partial charge in [0.2, 0.25) is 0 Å². The Morgan fingerprint density at radius 1 is 1.56 bits per heavy atom. The van der Waals surface area contributed by atoms with E-state index in [1.54, 1.807) is 7.11 Å². The third-order valence-corrected chi connectivity index (χ3v) is 3.53. The molecule has 1 aliphatic carbocycles. The van der Waals surface area contributed by atoms with Crippen molar-refractivity contribution >= 4 is 5.84 Å². The minimum atomic E-state index is 0.0748. The maximum atomic E-state index is 7.67. The fourth-order valence-corrected chi connectivity index (χ4v) is 2.32. The highest BCUT2D eigenvalue weighted by Gasteiger charge is 2.35. The quantitative estimate of drug-likeness (QED) is 0.487. The highest BCUT2D eigenvalue weighted by molar-refractivity contribution is 5.82. The molecule has 0 radical (unpaired) electrons.